The first-order valence-electron chi connectivity index (χ1n) is 4.91. The number of amides is 1. The topological polar surface area (TPSA) is 55.4 Å². The van der Waals surface area contributed by atoms with Gasteiger partial charge in [-0.25, -0.2) is 4.79 Å². The molecule has 1 N–H and O–H groups in total. The van der Waals surface area contributed by atoms with Crippen LogP contribution in [0.1, 0.15) is 27.2 Å². The lowest BCUT2D eigenvalue weighted by atomic mass is 10.0. The Labute approximate surface area is 90.4 Å². The summed E-state index contributed by atoms with van der Waals surface area (Å²) in [6.07, 6.45) is 5.61. The lowest BCUT2D eigenvalue weighted by Crippen LogP contribution is -2.41. The second kappa shape index (κ2) is 6.88. The van der Waals surface area contributed by atoms with Crippen molar-refractivity contribution in [2.24, 2.45) is 5.92 Å². The second-order valence-corrected chi connectivity index (χ2v) is 3.31. The van der Waals surface area contributed by atoms with Crippen molar-refractivity contribution < 1.29 is 14.3 Å². The van der Waals surface area contributed by atoms with E-state index in [4.69, 9.17) is 11.2 Å². The molecule has 84 valence electrons. The van der Waals surface area contributed by atoms with E-state index in [9.17, 15) is 9.59 Å². The Balaban J connectivity index is 4.37. The van der Waals surface area contributed by atoms with E-state index in [1.54, 1.807) is 6.92 Å². The SMILES string of the molecule is C#C[C@@H](C)C[C@H](NC(C)=O)C(=O)OCC. The van der Waals surface area contributed by atoms with Crippen LogP contribution in [0, 0.1) is 18.3 Å². The van der Waals surface area contributed by atoms with Crippen molar-refractivity contribution in [3.63, 3.8) is 0 Å². The Morgan fingerprint density at radius 2 is 2.13 bits per heavy atom. The van der Waals surface area contributed by atoms with E-state index < -0.39 is 12.0 Å². The van der Waals surface area contributed by atoms with E-state index in [0.29, 0.717) is 13.0 Å². The smallest absolute Gasteiger partial charge is 0.328 e. The van der Waals surface area contributed by atoms with Gasteiger partial charge in [-0.15, -0.1) is 12.3 Å². The zero-order valence-corrected chi connectivity index (χ0v) is 9.37. The molecule has 0 saturated heterocycles. The van der Waals surface area contributed by atoms with Gasteiger partial charge in [-0.3, -0.25) is 4.79 Å². The first-order valence-corrected chi connectivity index (χ1v) is 4.91. The summed E-state index contributed by atoms with van der Waals surface area (Å²) < 4.78 is 4.83. The van der Waals surface area contributed by atoms with Gasteiger partial charge < -0.3 is 10.1 Å². The minimum Gasteiger partial charge on any atom is -0.464 e. The standard InChI is InChI=1S/C11H17NO3/c1-5-8(3)7-10(12-9(4)13)11(14)15-6-2/h1,8,10H,6-7H2,2-4H3,(H,12,13)/t8-,10+/m1/s1. The van der Waals surface area contributed by atoms with Crippen LogP contribution in [0.2, 0.25) is 0 Å². The van der Waals surface area contributed by atoms with E-state index in [-0.39, 0.29) is 11.8 Å². The highest BCUT2D eigenvalue weighted by molar-refractivity contribution is 5.83. The summed E-state index contributed by atoms with van der Waals surface area (Å²) in [5, 5.41) is 2.52. The molecule has 2 atom stereocenters. The molecule has 0 aliphatic carbocycles. The van der Waals surface area contributed by atoms with Gasteiger partial charge in [0.15, 0.2) is 0 Å². The Hall–Kier alpha value is -1.50. The van der Waals surface area contributed by atoms with Crippen LogP contribution in [-0.2, 0) is 14.3 Å². The third kappa shape index (κ3) is 5.74. The molecule has 0 radical (unpaired) electrons. The third-order valence-corrected chi connectivity index (χ3v) is 1.82. The monoisotopic (exact) mass is 211 g/mol. The fraction of sp³-hybridized carbons (Fsp3) is 0.636. The first-order chi connectivity index (χ1) is 7.01. The molecular weight excluding hydrogens is 194 g/mol. The van der Waals surface area contributed by atoms with Gasteiger partial charge in [-0.2, -0.15) is 0 Å². The Bertz CT molecular complexity index is 267. The van der Waals surface area contributed by atoms with Gasteiger partial charge in [0.2, 0.25) is 5.91 Å². The molecule has 0 unspecified atom stereocenters. The molecule has 0 aromatic carbocycles. The normalized spacial score (nSPS) is 13.5. The summed E-state index contributed by atoms with van der Waals surface area (Å²) in [4.78, 5) is 22.3. The van der Waals surface area contributed by atoms with Crippen molar-refractivity contribution >= 4 is 11.9 Å². The maximum absolute atomic E-state index is 11.4. The largest absolute Gasteiger partial charge is 0.464 e. The molecule has 0 aliphatic rings. The van der Waals surface area contributed by atoms with E-state index >= 15 is 0 Å². The van der Waals surface area contributed by atoms with Gasteiger partial charge in [0, 0.05) is 12.8 Å². The van der Waals surface area contributed by atoms with Crippen molar-refractivity contribution in [1.82, 2.24) is 5.32 Å². The van der Waals surface area contributed by atoms with Crippen molar-refractivity contribution in [1.29, 1.82) is 0 Å². The van der Waals surface area contributed by atoms with Gasteiger partial charge in [-0.05, 0) is 13.3 Å². The van der Waals surface area contributed by atoms with Crippen LogP contribution in [0.15, 0.2) is 0 Å². The average Bonchev–Trinajstić information content (AvgIpc) is 2.16. The van der Waals surface area contributed by atoms with Gasteiger partial charge in [0.1, 0.15) is 6.04 Å². The molecule has 1 amide bonds. The number of carbonyl (C=O) groups excluding carboxylic acids is 2. The highest BCUT2D eigenvalue weighted by Crippen LogP contribution is 2.06. The predicted octanol–water partition coefficient (Wildman–Crippen LogP) is 0.714. The molecule has 0 saturated carbocycles. The zero-order chi connectivity index (χ0) is 11.8. The van der Waals surface area contributed by atoms with Gasteiger partial charge in [-0.1, -0.05) is 6.92 Å². The molecule has 0 rings (SSSR count). The van der Waals surface area contributed by atoms with Gasteiger partial charge in [0.05, 0.1) is 6.61 Å². The Morgan fingerprint density at radius 3 is 2.53 bits per heavy atom. The highest BCUT2D eigenvalue weighted by atomic mass is 16.5. The predicted molar refractivity (Wildman–Crippen MR) is 56.9 cm³/mol. The number of hydrogen-bond donors (Lipinski definition) is 1. The lowest BCUT2D eigenvalue weighted by molar-refractivity contribution is -0.147. The summed E-state index contributed by atoms with van der Waals surface area (Å²) >= 11 is 0. The van der Waals surface area contributed by atoms with Crippen LogP contribution >= 0.6 is 0 Å². The van der Waals surface area contributed by atoms with Crippen LogP contribution in [0.3, 0.4) is 0 Å². The van der Waals surface area contributed by atoms with Crippen molar-refractivity contribution in [3.05, 3.63) is 0 Å². The van der Waals surface area contributed by atoms with Crippen LogP contribution in [0.5, 0.6) is 0 Å². The molecule has 4 nitrogen and oxygen atoms in total. The molecule has 0 bridgehead atoms. The van der Waals surface area contributed by atoms with E-state index in [0.717, 1.165) is 0 Å². The number of ether oxygens (including phenoxy) is 1. The van der Waals surface area contributed by atoms with E-state index in [1.165, 1.54) is 6.92 Å². The molecule has 15 heavy (non-hydrogen) atoms. The Morgan fingerprint density at radius 1 is 1.53 bits per heavy atom. The quantitative estimate of drug-likeness (QED) is 0.538. The molecule has 0 fully saturated rings. The summed E-state index contributed by atoms with van der Waals surface area (Å²) in [6.45, 7) is 5.17. The fourth-order valence-electron chi connectivity index (χ4n) is 1.12. The molecule has 0 heterocycles. The molecule has 0 aromatic heterocycles. The number of esters is 1. The van der Waals surface area contributed by atoms with Crippen LogP contribution in [0.25, 0.3) is 0 Å². The second-order valence-electron chi connectivity index (χ2n) is 3.31. The summed E-state index contributed by atoms with van der Waals surface area (Å²) in [7, 11) is 0. The minimum absolute atomic E-state index is 0.0775. The van der Waals surface area contributed by atoms with E-state index in [2.05, 4.69) is 11.2 Å². The highest BCUT2D eigenvalue weighted by Gasteiger charge is 2.22. The molecular formula is C11H17NO3. The average molecular weight is 211 g/mol. The minimum atomic E-state index is -0.645. The van der Waals surface area contributed by atoms with Gasteiger partial charge >= 0.3 is 5.97 Å². The number of rotatable bonds is 5. The van der Waals surface area contributed by atoms with Crippen LogP contribution in [0.4, 0.5) is 0 Å². The maximum atomic E-state index is 11.4. The fourth-order valence-corrected chi connectivity index (χ4v) is 1.12. The molecule has 0 aliphatic heterocycles. The number of hydrogen-bond acceptors (Lipinski definition) is 3. The summed E-state index contributed by atoms with van der Waals surface area (Å²) in [5.41, 5.74) is 0. The summed E-state index contributed by atoms with van der Waals surface area (Å²) in [5.74, 6) is 1.73. The molecule has 0 spiro atoms. The maximum Gasteiger partial charge on any atom is 0.328 e. The van der Waals surface area contributed by atoms with Crippen molar-refractivity contribution in [3.8, 4) is 12.3 Å². The number of nitrogens with one attached hydrogen (secondary N) is 1. The molecule has 0 aromatic rings. The molecule has 4 heteroatoms. The first kappa shape index (κ1) is 13.5. The van der Waals surface area contributed by atoms with E-state index in [1.807, 2.05) is 6.92 Å². The Kier molecular flexibility index (Phi) is 6.19. The van der Waals surface area contributed by atoms with Crippen LogP contribution < -0.4 is 5.32 Å². The zero-order valence-electron chi connectivity index (χ0n) is 9.37. The van der Waals surface area contributed by atoms with Crippen molar-refractivity contribution in [2.75, 3.05) is 6.61 Å². The van der Waals surface area contributed by atoms with Crippen molar-refractivity contribution in [2.45, 2.75) is 33.2 Å². The summed E-state index contributed by atoms with van der Waals surface area (Å²) in [6, 6.07) is -0.645. The lowest BCUT2D eigenvalue weighted by Gasteiger charge is -2.17. The number of terminal acetylenes is 1. The van der Waals surface area contributed by atoms with Gasteiger partial charge in [0.25, 0.3) is 0 Å². The van der Waals surface area contributed by atoms with Crippen LogP contribution in [-0.4, -0.2) is 24.5 Å². The number of carbonyl (C=O) groups is 2. The third-order valence-electron chi connectivity index (χ3n) is 1.82.